The van der Waals surface area contributed by atoms with Crippen molar-refractivity contribution in [2.45, 2.75) is 12.8 Å². The maximum absolute atomic E-state index is 12.5. The predicted octanol–water partition coefficient (Wildman–Crippen LogP) is 1.95. The van der Waals surface area contributed by atoms with Crippen molar-refractivity contribution in [3.05, 3.63) is 91.1 Å². The van der Waals surface area contributed by atoms with Crippen LogP contribution >= 0.6 is 0 Å². The van der Waals surface area contributed by atoms with Crippen molar-refractivity contribution >= 4 is 12.2 Å². The van der Waals surface area contributed by atoms with Crippen molar-refractivity contribution in [1.82, 2.24) is 14.9 Å². The van der Waals surface area contributed by atoms with Gasteiger partial charge < -0.3 is 24.3 Å². The molecule has 0 fully saturated rings. The van der Waals surface area contributed by atoms with Crippen LogP contribution in [0.4, 0.5) is 13.2 Å². The number of H-pyrrole nitrogens is 2. The van der Waals surface area contributed by atoms with Gasteiger partial charge in [0.1, 0.15) is 22.2 Å². The zero-order valence-electron chi connectivity index (χ0n) is 18.6. The van der Waals surface area contributed by atoms with Gasteiger partial charge in [-0.1, -0.05) is 24.3 Å². The highest BCUT2D eigenvalue weighted by atomic mass is 19.4. The minimum absolute atomic E-state index is 0.0379. The van der Waals surface area contributed by atoms with Crippen molar-refractivity contribution in [1.29, 1.82) is 0 Å². The molecule has 0 saturated heterocycles. The molecule has 180 valence electrons. The highest BCUT2D eigenvalue weighted by Crippen LogP contribution is 2.23. The van der Waals surface area contributed by atoms with E-state index in [-0.39, 0.29) is 16.3 Å². The summed E-state index contributed by atoms with van der Waals surface area (Å²) in [7, 11) is 3.98. The first-order valence-corrected chi connectivity index (χ1v) is 10.4. The predicted molar refractivity (Wildman–Crippen MR) is 122 cm³/mol. The molecule has 34 heavy (non-hydrogen) atoms. The van der Waals surface area contributed by atoms with Gasteiger partial charge in [-0.3, -0.25) is 9.59 Å². The molecular weight excluding hydrogens is 451 g/mol. The normalized spacial score (nSPS) is 12.9. The Morgan fingerprint density at radius 2 is 1.50 bits per heavy atom. The van der Waals surface area contributed by atoms with Gasteiger partial charge >= 0.3 is 6.36 Å². The summed E-state index contributed by atoms with van der Waals surface area (Å²) in [6.45, 7) is 1.50. The molecule has 3 aromatic rings. The second-order valence-electron chi connectivity index (χ2n) is 7.72. The summed E-state index contributed by atoms with van der Waals surface area (Å²) < 4.78 is 46.8. The summed E-state index contributed by atoms with van der Waals surface area (Å²) in [4.78, 5) is 31.9. The molecule has 0 aliphatic carbocycles. The van der Waals surface area contributed by atoms with E-state index < -0.39 is 23.2 Å². The zero-order valence-corrected chi connectivity index (χ0v) is 18.6. The van der Waals surface area contributed by atoms with Crippen molar-refractivity contribution in [2.75, 3.05) is 27.2 Å². The van der Waals surface area contributed by atoms with E-state index in [2.05, 4.69) is 19.6 Å². The zero-order chi connectivity index (χ0) is 24.7. The summed E-state index contributed by atoms with van der Waals surface area (Å²) in [5, 5.41) is -0.0660. The largest absolute Gasteiger partial charge is 0.573 e. The van der Waals surface area contributed by atoms with Crippen LogP contribution in [0.15, 0.2) is 58.1 Å². The van der Waals surface area contributed by atoms with E-state index in [4.69, 9.17) is 4.74 Å². The number of aromatic nitrogens is 2. The lowest BCUT2D eigenvalue weighted by atomic mass is 10.2. The number of nitrogens with zero attached hydrogens (tertiary/aromatic N) is 1. The van der Waals surface area contributed by atoms with Crippen molar-refractivity contribution in [3.8, 4) is 11.5 Å². The number of alkyl halides is 3. The van der Waals surface area contributed by atoms with Crippen LogP contribution in [0.3, 0.4) is 0 Å². The van der Waals surface area contributed by atoms with Crippen LogP contribution in [0, 0.1) is 0 Å². The van der Waals surface area contributed by atoms with Gasteiger partial charge in [-0.2, -0.15) is 0 Å². The molecule has 0 saturated carbocycles. The van der Waals surface area contributed by atoms with Gasteiger partial charge in [0.15, 0.2) is 0 Å². The fourth-order valence-corrected chi connectivity index (χ4v) is 3.06. The molecule has 0 aliphatic heterocycles. The molecule has 0 aliphatic rings. The van der Waals surface area contributed by atoms with E-state index in [9.17, 15) is 22.8 Å². The quantitative estimate of drug-likeness (QED) is 0.487. The van der Waals surface area contributed by atoms with E-state index in [1.54, 1.807) is 24.3 Å². The van der Waals surface area contributed by atoms with E-state index in [0.717, 1.165) is 25.1 Å². The lowest BCUT2D eigenvalue weighted by molar-refractivity contribution is -0.274. The van der Waals surface area contributed by atoms with Crippen LogP contribution in [0.5, 0.6) is 11.5 Å². The molecule has 10 heteroatoms. The van der Waals surface area contributed by atoms with Gasteiger partial charge in [-0.05, 0) is 68.1 Å². The van der Waals surface area contributed by atoms with Gasteiger partial charge in [0.25, 0.3) is 11.1 Å². The van der Waals surface area contributed by atoms with Crippen LogP contribution in [0.2, 0.25) is 0 Å². The van der Waals surface area contributed by atoms with E-state index >= 15 is 0 Å². The Kier molecular flexibility index (Phi) is 7.95. The number of benzene rings is 2. The molecule has 3 rings (SSSR count). The minimum atomic E-state index is -4.84. The molecule has 1 heterocycles. The third-order valence-electron chi connectivity index (χ3n) is 4.60. The Hall–Kier alpha value is -3.79. The van der Waals surface area contributed by atoms with E-state index in [0.29, 0.717) is 17.9 Å². The highest BCUT2D eigenvalue weighted by Gasteiger charge is 2.31. The number of rotatable bonds is 8. The molecule has 1 aromatic heterocycles. The first-order valence-electron chi connectivity index (χ1n) is 10.4. The van der Waals surface area contributed by atoms with E-state index in [1.165, 1.54) is 24.3 Å². The Balaban J connectivity index is 1.80. The summed E-state index contributed by atoms with van der Waals surface area (Å²) in [6.07, 6.45) is -1.17. The Bertz CT molecular complexity index is 1340. The molecule has 2 N–H and O–H groups in total. The molecule has 0 bridgehead atoms. The number of ether oxygens (including phenoxy) is 2. The standard InChI is InChI=1S/C24H24F3N3O4/c1-30(2)11-4-12-33-18-9-7-16(8-10-18)14-20-22(31)29-21(23(32)28-20)15-17-5-3-6-19(13-17)34-24(25,26)27/h3,5-10,13-15H,4,11-12H2,1-2H3,(H,28,32)(H,29,31)/b20-14-,21-15-. The highest BCUT2D eigenvalue weighted by molar-refractivity contribution is 5.51. The SMILES string of the molecule is CN(C)CCCOc1ccc(/C=c2\[nH]c(=O)/c(=C/c3cccc(OC(F)(F)F)c3)[nH]c2=O)cc1. The van der Waals surface area contributed by atoms with Crippen LogP contribution in [-0.4, -0.2) is 48.5 Å². The number of halogens is 3. The molecule has 0 radical (unpaired) electrons. The van der Waals surface area contributed by atoms with Crippen molar-refractivity contribution in [2.24, 2.45) is 0 Å². The van der Waals surface area contributed by atoms with Crippen LogP contribution in [0.25, 0.3) is 12.2 Å². The first-order chi connectivity index (χ1) is 16.1. The maximum atomic E-state index is 12.5. The van der Waals surface area contributed by atoms with Gasteiger partial charge in [0, 0.05) is 6.54 Å². The molecule has 0 atom stereocenters. The number of aromatic amines is 2. The molecule has 0 amide bonds. The van der Waals surface area contributed by atoms with Crippen LogP contribution in [-0.2, 0) is 0 Å². The molecule has 7 nitrogen and oxygen atoms in total. The first kappa shape index (κ1) is 24.8. The number of nitrogens with one attached hydrogen (secondary N) is 2. The third-order valence-corrected chi connectivity index (χ3v) is 4.60. The van der Waals surface area contributed by atoms with Crippen molar-refractivity contribution < 1.29 is 22.6 Å². The average Bonchev–Trinajstić information content (AvgIpc) is 2.75. The Morgan fingerprint density at radius 3 is 2.09 bits per heavy atom. The van der Waals surface area contributed by atoms with Gasteiger partial charge in [0.2, 0.25) is 0 Å². The Labute approximate surface area is 192 Å². The molecule has 0 spiro atoms. The minimum Gasteiger partial charge on any atom is -0.494 e. The molecule has 0 unspecified atom stereocenters. The van der Waals surface area contributed by atoms with Crippen LogP contribution in [0.1, 0.15) is 17.5 Å². The second kappa shape index (κ2) is 10.9. The van der Waals surface area contributed by atoms with Crippen LogP contribution < -0.4 is 31.3 Å². The molecule has 2 aromatic carbocycles. The maximum Gasteiger partial charge on any atom is 0.573 e. The van der Waals surface area contributed by atoms with Gasteiger partial charge in [0.05, 0.1) is 6.61 Å². The average molecular weight is 475 g/mol. The fourth-order valence-electron chi connectivity index (χ4n) is 3.06. The number of hydrogen-bond donors (Lipinski definition) is 2. The molecular formula is C24H24F3N3O4. The summed E-state index contributed by atoms with van der Waals surface area (Å²) in [5.74, 6) is 0.259. The van der Waals surface area contributed by atoms with E-state index in [1.807, 2.05) is 14.1 Å². The monoisotopic (exact) mass is 475 g/mol. The van der Waals surface area contributed by atoms with Crippen molar-refractivity contribution in [3.63, 3.8) is 0 Å². The summed E-state index contributed by atoms with van der Waals surface area (Å²) in [5.41, 5.74) is -0.234. The third kappa shape index (κ3) is 7.66. The van der Waals surface area contributed by atoms with Gasteiger partial charge in [-0.25, -0.2) is 0 Å². The Morgan fingerprint density at radius 1 is 0.882 bits per heavy atom. The summed E-state index contributed by atoms with van der Waals surface area (Å²) >= 11 is 0. The lowest BCUT2D eigenvalue weighted by Gasteiger charge is -2.10. The smallest absolute Gasteiger partial charge is 0.494 e. The lowest BCUT2D eigenvalue weighted by Crippen LogP contribution is -2.46. The fraction of sp³-hybridized carbons (Fsp3) is 0.250. The topological polar surface area (TPSA) is 87.4 Å². The van der Waals surface area contributed by atoms with Gasteiger partial charge in [-0.15, -0.1) is 13.2 Å². The second-order valence-corrected chi connectivity index (χ2v) is 7.72. The number of hydrogen-bond acceptors (Lipinski definition) is 5. The summed E-state index contributed by atoms with van der Waals surface area (Å²) in [6, 6.07) is 12.1.